The first-order valence-corrected chi connectivity index (χ1v) is 9.96. The molecule has 1 heterocycles. The van der Waals surface area contributed by atoms with Crippen LogP contribution in [0.1, 0.15) is 51.2 Å². The summed E-state index contributed by atoms with van der Waals surface area (Å²) in [5.74, 6) is 0. The summed E-state index contributed by atoms with van der Waals surface area (Å²) in [6.45, 7) is 7.74. The molecule has 0 aromatic heterocycles. The van der Waals surface area contributed by atoms with Gasteiger partial charge in [-0.15, -0.1) is 0 Å². The summed E-state index contributed by atoms with van der Waals surface area (Å²) < 4.78 is 6.38. The third kappa shape index (κ3) is 4.81. The summed E-state index contributed by atoms with van der Waals surface area (Å²) >= 11 is 0. The van der Waals surface area contributed by atoms with Gasteiger partial charge in [0.25, 0.3) is 0 Å². The minimum atomic E-state index is -1.30. The van der Waals surface area contributed by atoms with E-state index in [2.05, 4.69) is 50.3 Å². The van der Waals surface area contributed by atoms with E-state index in [1.54, 1.807) is 0 Å². The Morgan fingerprint density at radius 3 is 2.14 bits per heavy atom. The molecule has 28 heavy (non-hydrogen) atoms. The quantitative estimate of drug-likeness (QED) is 0.740. The van der Waals surface area contributed by atoms with E-state index in [0.29, 0.717) is 5.57 Å². The third-order valence-corrected chi connectivity index (χ3v) is 5.90. The number of aliphatic hydroxyl groups excluding tert-OH is 2. The van der Waals surface area contributed by atoms with Crippen LogP contribution in [0.2, 0.25) is 0 Å². The molecule has 0 spiro atoms. The second kappa shape index (κ2) is 7.60. The minimum Gasteiger partial charge on any atom is -0.388 e. The van der Waals surface area contributed by atoms with Crippen LogP contribution in [0.25, 0.3) is 6.08 Å². The van der Waals surface area contributed by atoms with Gasteiger partial charge in [-0.2, -0.15) is 0 Å². The van der Waals surface area contributed by atoms with E-state index in [0.717, 1.165) is 18.4 Å². The van der Waals surface area contributed by atoms with Crippen LogP contribution in [0.3, 0.4) is 0 Å². The van der Waals surface area contributed by atoms with Crippen molar-refractivity contribution in [1.29, 1.82) is 0 Å². The number of ether oxygens (including phenoxy) is 1. The molecule has 1 saturated heterocycles. The average Bonchev–Trinajstić information content (AvgIpc) is 2.92. The molecule has 3 N–H and O–H groups in total. The monoisotopic (exact) mass is 384 g/mol. The number of benzene rings is 1. The first kappa shape index (κ1) is 21.0. The first-order valence-electron chi connectivity index (χ1n) is 9.96. The molecule has 0 unspecified atom stereocenters. The van der Waals surface area contributed by atoms with Crippen LogP contribution in [0.15, 0.2) is 54.1 Å². The van der Waals surface area contributed by atoms with Crippen LogP contribution in [0.4, 0.5) is 0 Å². The predicted octanol–water partition coefficient (Wildman–Crippen LogP) is 3.70. The lowest BCUT2D eigenvalue weighted by Crippen LogP contribution is -2.45. The van der Waals surface area contributed by atoms with Gasteiger partial charge >= 0.3 is 0 Å². The molecule has 152 valence electrons. The Kier molecular flexibility index (Phi) is 5.70. The van der Waals surface area contributed by atoms with Gasteiger partial charge in [-0.25, -0.2) is 0 Å². The van der Waals surface area contributed by atoms with E-state index in [1.807, 2.05) is 19.1 Å². The molecule has 1 aromatic rings. The smallest absolute Gasteiger partial charge is 0.101 e. The van der Waals surface area contributed by atoms with Gasteiger partial charge in [0.1, 0.15) is 6.10 Å². The Morgan fingerprint density at radius 1 is 0.964 bits per heavy atom. The lowest BCUT2D eigenvalue weighted by atomic mass is 9.82. The molecule has 1 fully saturated rings. The van der Waals surface area contributed by atoms with E-state index in [9.17, 15) is 15.3 Å². The van der Waals surface area contributed by atoms with Gasteiger partial charge in [-0.3, -0.25) is 0 Å². The zero-order valence-electron chi connectivity index (χ0n) is 17.2. The molecular formula is C24H32O4. The summed E-state index contributed by atoms with van der Waals surface area (Å²) in [6.07, 6.45) is 9.60. The number of aryl methyl sites for hydroxylation is 1. The summed E-state index contributed by atoms with van der Waals surface area (Å²) in [7, 11) is 0. The van der Waals surface area contributed by atoms with Crippen LogP contribution in [0.5, 0.6) is 0 Å². The van der Waals surface area contributed by atoms with Crippen molar-refractivity contribution < 1.29 is 20.1 Å². The van der Waals surface area contributed by atoms with Gasteiger partial charge in [0, 0.05) is 6.42 Å². The number of hydrogen-bond acceptors (Lipinski definition) is 4. The van der Waals surface area contributed by atoms with Gasteiger partial charge in [0.15, 0.2) is 0 Å². The maximum Gasteiger partial charge on any atom is 0.101 e. The Labute approximate surface area is 167 Å². The van der Waals surface area contributed by atoms with E-state index in [4.69, 9.17) is 4.74 Å². The second-order valence-corrected chi connectivity index (χ2v) is 8.99. The number of aliphatic hydroxyl groups is 3. The molecular weight excluding hydrogens is 352 g/mol. The lowest BCUT2D eigenvalue weighted by molar-refractivity contribution is -0.0707. The predicted molar refractivity (Wildman–Crippen MR) is 112 cm³/mol. The van der Waals surface area contributed by atoms with Gasteiger partial charge < -0.3 is 20.1 Å². The van der Waals surface area contributed by atoms with Crippen molar-refractivity contribution in [3.63, 3.8) is 0 Å². The second-order valence-electron chi connectivity index (χ2n) is 8.99. The lowest BCUT2D eigenvalue weighted by Gasteiger charge is -2.35. The normalized spacial score (nSPS) is 39.0. The zero-order valence-corrected chi connectivity index (χ0v) is 17.2. The fraction of sp³-hybridized carbons (Fsp3) is 0.500. The van der Waals surface area contributed by atoms with E-state index < -0.39 is 23.4 Å². The maximum atomic E-state index is 10.3. The molecule has 1 aromatic carbocycles. The fourth-order valence-corrected chi connectivity index (χ4v) is 3.86. The number of hydrogen-bond donors (Lipinski definition) is 3. The summed E-state index contributed by atoms with van der Waals surface area (Å²) in [5.41, 5.74) is 0.904. The van der Waals surface area contributed by atoms with Gasteiger partial charge in [0.05, 0.1) is 22.9 Å². The van der Waals surface area contributed by atoms with Crippen molar-refractivity contribution >= 4 is 6.08 Å². The Balaban J connectivity index is 1.69. The zero-order chi connectivity index (χ0) is 20.6. The van der Waals surface area contributed by atoms with Crippen molar-refractivity contribution in [3.05, 3.63) is 65.3 Å². The standard InChI is InChI=1S/C24H32O4/c1-17-5-7-18(8-6-17)9-11-22(2)13-14-23(3,28-22)12-10-19-15-21(26)24(4,27)16-20(19)25/h5-12,15,20-21,25-27H,13-14,16H2,1-4H3/b11-9+,12-10?/t20-,21-,22+,23+,24+/m0/s1. The van der Waals surface area contributed by atoms with Crippen molar-refractivity contribution in [3.8, 4) is 0 Å². The number of rotatable bonds is 4. The molecule has 0 saturated carbocycles. The SMILES string of the molecule is Cc1ccc(/C=C/[C@]2(C)CC[C@@](C)(C=CC3=C[C@H](O)[C@](C)(O)C[C@@H]3O)O2)cc1. The molecule has 1 aliphatic carbocycles. The van der Waals surface area contributed by atoms with E-state index >= 15 is 0 Å². The van der Waals surface area contributed by atoms with Crippen LogP contribution < -0.4 is 0 Å². The topological polar surface area (TPSA) is 69.9 Å². The fourth-order valence-electron chi connectivity index (χ4n) is 3.86. The molecule has 5 atom stereocenters. The summed E-state index contributed by atoms with van der Waals surface area (Å²) in [6, 6.07) is 8.39. The molecule has 1 aliphatic heterocycles. The first-order chi connectivity index (χ1) is 13.0. The van der Waals surface area contributed by atoms with Gasteiger partial charge in [-0.1, -0.05) is 54.1 Å². The van der Waals surface area contributed by atoms with Gasteiger partial charge in [-0.05, 0) is 57.7 Å². The molecule has 0 amide bonds. The van der Waals surface area contributed by atoms with Crippen LogP contribution in [-0.2, 0) is 4.74 Å². The summed E-state index contributed by atoms with van der Waals surface area (Å²) in [5, 5.41) is 30.4. The molecule has 0 radical (unpaired) electrons. The molecule has 0 bridgehead atoms. The molecule has 3 rings (SSSR count). The van der Waals surface area contributed by atoms with Gasteiger partial charge in [0.2, 0.25) is 0 Å². The molecule has 4 heteroatoms. The van der Waals surface area contributed by atoms with Crippen LogP contribution in [-0.4, -0.2) is 44.3 Å². The van der Waals surface area contributed by atoms with Crippen molar-refractivity contribution in [2.45, 2.75) is 76.0 Å². The maximum absolute atomic E-state index is 10.3. The van der Waals surface area contributed by atoms with Crippen LogP contribution in [0, 0.1) is 6.92 Å². The highest BCUT2D eigenvalue weighted by Gasteiger charge is 2.41. The highest BCUT2D eigenvalue weighted by atomic mass is 16.5. The molecule has 2 aliphatic rings. The Bertz CT molecular complexity index is 789. The van der Waals surface area contributed by atoms with Crippen molar-refractivity contribution in [1.82, 2.24) is 0 Å². The Morgan fingerprint density at radius 2 is 1.54 bits per heavy atom. The average molecular weight is 385 g/mol. The largest absolute Gasteiger partial charge is 0.388 e. The highest BCUT2D eigenvalue weighted by Crippen LogP contribution is 2.40. The van der Waals surface area contributed by atoms with E-state index in [-0.39, 0.29) is 12.0 Å². The van der Waals surface area contributed by atoms with E-state index in [1.165, 1.54) is 18.6 Å². The minimum absolute atomic E-state index is 0.110. The highest BCUT2D eigenvalue weighted by molar-refractivity contribution is 5.51. The van der Waals surface area contributed by atoms with Crippen molar-refractivity contribution in [2.24, 2.45) is 0 Å². The molecule has 4 nitrogen and oxygen atoms in total. The Hall–Kier alpha value is -1.72. The van der Waals surface area contributed by atoms with Crippen LogP contribution >= 0.6 is 0 Å². The van der Waals surface area contributed by atoms with Crippen molar-refractivity contribution in [2.75, 3.05) is 0 Å². The summed E-state index contributed by atoms with van der Waals surface area (Å²) in [4.78, 5) is 0. The third-order valence-electron chi connectivity index (χ3n) is 5.90.